The van der Waals surface area contributed by atoms with E-state index in [1.165, 1.54) is 34.1 Å². The maximum absolute atomic E-state index is 4.52. The lowest BCUT2D eigenvalue weighted by Gasteiger charge is -2.18. The molecule has 2 aromatic rings. The Labute approximate surface area is 163 Å². The van der Waals surface area contributed by atoms with Gasteiger partial charge in [-0.2, -0.15) is 0 Å². The van der Waals surface area contributed by atoms with E-state index in [0.29, 0.717) is 0 Å². The first-order valence-corrected chi connectivity index (χ1v) is 10.4. The summed E-state index contributed by atoms with van der Waals surface area (Å²) in [7, 11) is 0. The van der Waals surface area contributed by atoms with Crippen molar-refractivity contribution < 1.29 is 0 Å². The van der Waals surface area contributed by atoms with Crippen LogP contribution in [0.1, 0.15) is 90.5 Å². The number of benzene rings is 1. The van der Waals surface area contributed by atoms with Crippen LogP contribution in [-0.2, 0) is 6.42 Å². The van der Waals surface area contributed by atoms with Gasteiger partial charge in [0, 0.05) is 17.1 Å². The summed E-state index contributed by atoms with van der Waals surface area (Å²) in [4.78, 5) is 4.52. The molecule has 0 spiro atoms. The molecule has 146 valence electrons. The summed E-state index contributed by atoms with van der Waals surface area (Å²) >= 11 is 0. The summed E-state index contributed by atoms with van der Waals surface area (Å²) in [5.74, 6) is 0. The Morgan fingerprint density at radius 3 is 2.19 bits per heavy atom. The number of nitrogens with zero attached hydrogens (tertiary/aromatic N) is 1. The number of hydrogen-bond acceptors (Lipinski definition) is 1. The van der Waals surface area contributed by atoms with Crippen molar-refractivity contribution in [1.29, 1.82) is 0 Å². The summed E-state index contributed by atoms with van der Waals surface area (Å²) in [6.45, 7) is 22.4. The number of fused-ring (bicyclic) bond motifs is 3. The molecule has 26 heavy (non-hydrogen) atoms. The van der Waals surface area contributed by atoms with Crippen LogP contribution < -0.4 is 0 Å². The van der Waals surface area contributed by atoms with Gasteiger partial charge >= 0.3 is 0 Å². The second-order valence-corrected chi connectivity index (χ2v) is 5.18. The van der Waals surface area contributed by atoms with Crippen molar-refractivity contribution >= 4 is 23.1 Å². The molecule has 0 saturated carbocycles. The molecule has 0 fully saturated rings. The summed E-state index contributed by atoms with van der Waals surface area (Å²) in [6, 6.07) is 4.16. The highest BCUT2D eigenvalue weighted by Crippen LogP contribution is 2.33. The average molecular weight is 356 g/mol. The molecule has 1 aromatic heterocycles. The third-order valence-corrected chi connectivity index (χ3v) is 3.58. The van der Waals surface area contributed by atoms with Crippen molar-refractivity contribution in [2.45, 2.75) is 81.6 Å². The standard InChI is InChI=1S/C16H15N.C3H8.3C2H6/c1-3-12-11(2)13-7-4-5-8-14(13)15-9-6-10-17-16(12)15;1-3-2;3*1-2/h3,5-6,8-10H,1,4,7H2,2H3;3H2,1-2H3;3*1-2H3. The topological polar surface area (TPSA) is 12.9 Å². The highest BCUT2D eigenvalue weighted by molar-refractivity contribution is 5.96. The fourth-order valence-corrected chi connectivity index (χ4v) is 2.73. The van der Waals surface area contributed by atoms with Crippen molar-refractivity contribution in [1.82, 2.24) is 4.98 Å². The smallest absolute Gasteiger partial charge is 0.0782 e. The Morgan fingerprint density at radius 2 is 1.65 bits per heavy atom. The van der Waals surface area contributed by atoms with Crippen molar-refractivity contribution in [3.8, 4) is 0 Å². The second-order valence-electron chi connectivity index (χ2n) is 5.18. The monoisotopic (exact) mass is 355 g/mol. The van der Waals surface area contributed by atoms with Gasteiger partial charge in [-0.25, -0.2) is 0 Å². The maximum Gasteiger partial charge on any atom is 0.0782 e. The first-order valence-electron chi connectivity index (χ1n) is 10.4. The highest BCUT2D eigenvalue weighted by atomic mass is 14.7. The Balaban J connectivity index is 0. The van der Waals surface area contributed by atoms with Gasteiger partial charge in [0.05, 0.1) is 5.52 Å². The summed E-state index contributed by atoms with van der Waals surface area (Å²) in [6.07, 6.45) is 11.8. The fourth-order valence-electron chi connectivity index (χ4n) is 2.73. The quantitative estimate of drug-likeness (QED) is 0.498. The highest BCUT2D eigenvalue weighted by Gasteiger charge is 2.15. The number of allylic oxidation sites excluding steroid dienone is 1. The van der Waals surface area contributed by atoms with Gasteiger partial charge in [0.15, 0.2) is 0 Å². The minimum absolute atomic E-state index is 1.07. The number of rotatable bonds is 1. The molecule has 0 N–H and O–H groups in total. The van der Waals surface area contributed by atoms with Gasteiger partial charge in [-0.1, -0.05) is 92.7 Å². The summed E-state index contributed by atoms with van der Waals surface area (Å²) < 4.78 is 0. The molecule has 1 heterocycles. The Hall–Kier alpha value is -1.89. The number of aromatic nitrogens is 1. The van der Waals surface area contributed by atoms with E-state index < -0.39 is 0 Å². The van der Waals surface area contributed by atoms with Crippen LogP contribution in [-0.4, -0.2) is 4.98 Å². The molecule has 1 aliphatic carbocycles. The Morgan fingerprint density at radius 1 is 1.08 bits per heavy atom. The van der Waals surface area contributed by atoms with Crippen molar-refractivity contribution in [3.05, 3.63) is 53.2 Å². The molecule has 0 saturated heterocycles. The molecule has 0 radical (unpaired) electrons. The van der Waals surface area contributed by atoms with E-state index in [9.17, 15) is 0 Å². The largest absolute Gasteiger partial charge is 0.256 e. The predicted molar refractivity (Wildman–Crippen MR) is 124 cm³/mol. The molecule has 1 aromatic carbocycles. The lowest BCUT2D eigenvalue weighted by atomic mass is 9.87. The minimum Gasteiger partial charge on any atom is -0.256 e. The predicted octanol–water partition coefficient (Wildman–Crippen LogP) is 8.64. The Kier molecular flexibility index (Phi) is 16.8. The maximum atomic E-state index is 4.52. The van der Waals surface area contributed by atoms with Crippen LogP contribution in [0, 0.1) is 6.92 Å². The van der Waals surface area contributed by atoms with E-state index in [0.717, 1.165) is 18.4 Å². The van der Waals surface area contributed by atoms with Gasteiger partial charge in [0.25, 0.3) is 0 Å². The van der Waals surface area contributed by atoms with Crippen LogP contribution in [0.2, 0.25) is 0 Å². The van der Waals surface area contributed by atoms with Crippen molar-refractivity contribution in [2.24, 2.45) is 0 Å². The molecule has 0 amide bonds. The van der Waals surface area contributed by atoms with E-state index in [1.807, 2.05) is 59.9 Å². The molecule has 1 nitrogen and oxygen atoms in total. The van der Waals surface area contributed by atoms with Gasteiger partial charge in [-0.3, -0.25) is 4.98 Å². The van der Waals surface area contributed by atoms with E-state index in [1.54, 1.807) is 0 Å². The average Bonchev–Trinajstić information content (AvgIpc) is 2.74. The minimum atomic E-state index is 1.07. The van der Waals surface area contributed by atoms with Crippen molar-refractivity contribution in [3.63, 3.8) is 0 Å². The third-order valence-electron chi connectivity index (χ3n) is 3.58. The molecule has 3 rings (SSSR count). The molecule has 1 heteroatoms. The van der Waals surface area contributed by atoms with Crippen LogP contribution in [0.4, 0.5) is 0 Å². The molecule has 0 atom stereocenters. The first kappa shape index (κ1) is 26.3. The van der Waals surface area contributed by atoms with Crippen LogP contribution in [0.5, 0.6) is 0 Å². The van der Waals surface area contributed by atoms with Crippen molar-refractivity contribution in [2.75, 3.05) is 0 Å². The van der Waals surface area contributed by atoms with Crippen LogP contribution in [0.25, 0.3) is 23.1 Å². The number of hydrogen-bond donors (Lipinski definition) is 0. The molecule has 0 unspecified atom stereocenters. The Bertz CT molecular complexity index is 651. The van der Waals surface area contributed by atoms with Crippen LogP contribution in [0.3, 0.4) is 0 Å². The van der Waals surface area contributed by atoms with Gasteiger partial charge in [0.2, 0.25) is 0 Å². The zero-order chi connectivity index (χ0) is 20.5. The zero-order valence-corrected chi connectivity index (χ0v) is 18.7. The molecular formula is C25H41N. The lowest BCUT2D eigenvalue weighted by molar-refractivity contribution is 0.974. The second kappa shape index (κ2) is 16.6. The van der Waals surface area contributed by atoms with Gasteiger partial charge in [0.1, 0.15) is 0 Å². The normalized spacial score (nSPS) is 10.3. The summed E-state index contributed by atoms with van der Waals surface area (Å²) in [5, 5.41) is 1.25. The number of pyridine rings is 1. The van der Waals surface area contributed by atoms with Gasteiger partial charge in [-0.05, 0) is 42.5 Å². The van der Waals surface area contributed by atoms with E-state index in [2.05, 4.69) is 50.6 Å². The van der Waals surface area contributed by atoms with Crippen LogP contribution >= 0.6 is 0 Å². The molecule has 0 bridgehead atoms. The SMILES string of the molecule is C=Cc1c(C)c2c(c3cccnc13)C=CCC2.CC.CC.CC.CCC. The van der Waals surface area contributed by atoms with Gasteiger partial charge < -0.3 is 0 Å². The fraction of sp³-hybridized carbons (Fsp3) is 0.480. The van der Waals surface area contributed by atoms with E-state index in [-0.39, 0.29) is 0 Å². The van der Waals surface area contributed by atoms with Crippen LogP contribution in [0.15, 0.2) is 31.0 Å². The third kappa shape index (κ3) is 6.78. The lowest BCUT2D eigenvalue weighted by Crippen LogP contribution is -2.02. The molecular weight excluding hydrogens is 314 g/mol. The summed E-state index contributed by atoms with van der Waals surface area (Å²) in [5.41, 5.74) is 6.41. The molecule has 0 aliphatic heterocycles. The first-order chi connectivity index (χ1) is 12.7. The van der Waals surface area contributed by atoms with E-state index >= 15 is 0 Å². The zero-order valence-electron chi connectivity index (χ0n) is 18.7. The van der Waals surface area contributed by atoms with E-state index in [4.69, 9.17) is 0 Å². The molecule has 1 aliphatic rings. The van der Waals surface area contributed by atoms with Gasteiger partial charge in [-0.15, -0.1) is 0 Å².